The Hall–Kier alpha value is -1.82. The van der Waals surface area contributed by atoms with Gasteiger partial charge in [-0.1, -0.05) is 48.8 Å². The summed E-state index contributed by atoms with van der Waals surface area (Å²) in [6, 6.07) is 10.1. The maximum Gasteiger partial charge on any atom is 0.253 e. The fourth-order valence-electron chi connectivity index (χ4n) is 2.99. The standard InChI is InChI=1S/C22H22Cl2IN5O2S/c1-11(2)19(27-21(32)15-6-4-13(23)9-16(15)24)20-28-22(30-29-20)33-10-18(31)26-17-7-5-14(25)8-12(17)3/h4-9,11,19H,10H2,1-3H3,(H,26,31)(H,27,32)(H,28,29,30)/t19-/m0/s1. The highest BCUT2D eigenvalue weighted by Gasteiger charge is 2.24. The Bertz CT molecular complexity index is 1170. The first-order valence-corrected chi connectivity index (χ1v) is 12.8. The average Bonchev–Trinajstić information content (AvgIpc) is 3.21. The van der Waals surface area contributed by atoms with Gasteiger partial charge in [0.05, 0.1) is 22.4 Å². The Kier molecular flexibility index (Phi) is 9.02. The Morgan fingerprint density at radius 1 is 1.18 bits per heavy atom. The van der Waals surface area contributed by atoms with Gasteiger partial charge in [-0.05, 0) is 77.4 Å². The lowest BCUT2D eigenvalue weighted by molar-refractivity contribution is -0.113. The first-order chi connectivity index (χ1) is 15.6. The van der Waals surface area contributed by atoms with Gasteiger partial charge < -0.3 is 10.6 Å². The number of thioether (sulfide) groups is 1. The van der Waals surface area contributed by atoms with Gasteiger partial charge in [-0.25, -0.2) is 4.98 Å². The molecule has 0 aliphatic heterocycles. The van der Waals surface area contributed by atoms with E-state index in [9.17, 15) is 9.59 Å². The third-order valence-corrected chi connectivity index (χ3v) is 6.77. The van der Waals surface area contributed by atoms with Crippen LogP contribution in [0.4, 0.5) is 5.69 Å². The lowest BCUT2D eigenvalue weighted by Crippen LogP contribution is -2.32. The van der Waals surface area contributed by atoms with Crippen molar-refractivity contribution in [1.82, 2.24) is 20.5 Å². The number of rotatable bonds is 8. The van der Waals surface area contributed by atoms with E-state index in [0.717, 1.165) is 14.8 Å². The van der Waals surface area contributed by atoms with Crippen LogP contribution in [0, 0.1) is 16.4 Å². The number of hydrogen-bond donors (Lipinski definition) is 3. The molecule has 1 heterocycles. The van der Waals surface area contributed by atoms with Crippen LogP contribution in [0.3, 0.4) is 0 Å². The average molecular weight is 618 g/mol. The molecular formula is C22H22Cl2IN5O2S. The number of H-pyrrole nitrogens is 1. The van der Waals surface area contributed by atoms with Crippen LogP contribution >= 0.6 is 57.6 Å². The number of benzene rings is 2. The molecule has 0 aliphatic carbocycles. The highest BCUT2D eigenvalue weighted by molar-refractivity contribution is 14.1. The predicted octanol–water partition coefficient (Wildman–Crippen LogP) is 5.88. The largest absolute Gasteiger partial charge is 0.342 e. The second-order valence-corrected chi connectivity index (χ2v) is 10.7. The normalized spacial score (nSPS) is 12.0. The molecule has 3 rings (SSSR count). The van der Waals surface area contributed by atoms with Gasteiger partial charge in [-0.2, -0.15) is 0 Å². The molecule has 174 valence electrons. The minimum Gasteiger partial charge on any atom is -0.342 e. The first kappa shape index (κ1) is 25.8. The molecule has 1 atom stereocenters. The number of aryl methyl sites for hydroxylation is 1. The fraction of sp³-hybridized carbons (Fsp3) is 0.273. The second-order valence-electron chi connectivity index (χ2n) is 7.62. The van der Waals surface area contributed by atoms with Gasteiger partial charge in [0, 0.05) is 14.3 Å². The number of aromatic amines is 1. The van der Waals surface area contributed by atoms with E-state index in [1.807, 2.05) is 39.0 Å². The Labute approximate surface area is 219 Å². The number of aromatic nitrogens is 3. The molecule has 33 heavy (non-hydrogen) atoms. The number of halogens is 3. The Balaban J connectivity index is 1.62. The summed E-state index contributed by atoms with van der Waals surface area (Å²) in [5.74, 6) is 0.190. The zero-order valence-electron chi connectivity index (χ0n) is 18.1. The van der Waals surface area contributed by atoms with E-state index in [1.165, 1.54) is 17.8 Å². The summed E-state index contributed by atoms with van der Waals surface area (Å²) in [5, 5.41) is 14.0. The van der Waals surface area contributed by atoms with Crippen LogP contribution in [-0.4, -0.2) is 32.7 Å². The van der Waals surface area contributed by atoms with Crippen molar-refractivity contribution in [3.63, 3.8) is 0 Å². The number of nitrogens with zero attached hydrogens (tertiary/aromatic N) is 2. The van der Waals surface area contributed by atoms with Gasteiger partial charge in [0.15, 0.2) is 0 Å². The van der Waals surface area contributed by atoms with Crippen molar-refractivity contribution in [1.29, 1.82) is 0 Å². The molecule has 3 N–H and O–H groups in total. The van der Waals surface area contributed by atoms with Crippen LogP contribution in [-0.2, 0) is 4.79 Å². The summed E-state index contributed by atoms with van der Waals surface area (Å²) in [5.41, 5.74) is 2.10. The highest BCUT2D eigenvalue weighted by atomic mass is 127. The molecule has 0 saturated heterocycles. The third-order valence-electron chi connectivity index (χ3n) is 4.70. The lowest BCUT2D eigenvalue weighted by Gasteiger charge is -2.20. The zero-order valence-corrected chi connectivity index (χ0v) is 22.6. The monoisotopic (exact) mass is 617 g/mol. The van der Waals surface area contributed by atoms with E-state index in [4.69, 9.17) is 23.2 Å². The molecule has 0 radical (unpaired) electrons. The molecule has 0 unspecified atom stereocenters. The lowest BCUT2D eigenvalue weighted by atomic mass is 10.0. The van der Waals surface area contributed by atoms with Crippen LogP contribution < -0.4 is 10.6 Å². The molecule has 0 fully saturated rings. The highest BCUT2D eigenvalue weighted by Crippen LogP contribution is 2.25. The van der Waals surface area contributed by atoms with Gasteiger partial charge in [0.1, 0.15) is 5.82 Å². The summed E-state index contributed by atoms with van der Waals surface area (Å²) in [7, 11) is 0. The van der Waals surface area contributed by atoms with Crippen molar-refractivity contribution in [2.75, 3.05) is 11.1 Å². The van der Waals surface area contributed by atoms with E-state index < -0.39 is 6.04 Å². The molecule has 0 bridgehead atoms. The van der Waals surface area contributed by atoms with Gasteiger partial charge >= 0.3 is 0 Å². The van der Waals surface area contributed by atoms with Crippen LogP contribution in [0.15, 0.2) is 41.6 Å². The number of amides is 2. The van der Waals surface area contributed by atoms with Gasteiger partial charge in [0.2, 0.25) is 11.1 Å². The summed E-state index contributed by atoms with van der Waals surface area (Å²) in [6.45, 7) is 5.87. The predicted molar refractivity (Wildman–Crippen MR) is 141 cm³/mol. The van der Waals surface area contributed by atoms with Crippen molar-refractivity contribution in [2.45, 2.75) is 32.0 Å². The van der Waals surface area contributed by atoms with Crippen LogP contribution in [0.25, 0.3) is 0 Å². The molecule has 7 nitrogen and oxygen atoms in total. The molecule has 3 aromatic rings. The molecule has 1 aromatic heterocycles. The van der Waals surface area contributed by atoms with Crippen molar-refractivity contribution >= 4 is 75.1 Å². The maximum absolute atomic E-state index is 12.7. The molecule has 0 aliphatic rings. The summed E-state index contributed by atoms with van der Waals surface area (Å²) in [4.78, 5) is 29.6. The first-order valence-electron chi connectivity index (χ1n) is 10.0. The van der Waals surface area contributed by atoms with Gasteiger partial charge in [-0.3, -0.25) is 14.7 Å². The fourth-order valence-corrected chi connectivity index (χ4v) is 4.74. The van der Waals surface area contributed by atoms with E-state index in [1.54, 1.807) is 12.1 Å². The SMILES string of the molecule is Cc1cc(I)ccc1NC(=O)CSc1n[nH]c([C@@H](NC(=O)c2ccc(Cl)cc2Cl)C(C)C)n1. The van der Waals surface area contributed by atoms with E-state index >= 15 is 0 Å². The van der Waals surface area contributed by atoms with Crippen molar-refractivity contribution in [2.24, 2.45) is 5.92 Å². The molecule has 0 spiro atoms. The zero-order chi connectivity index (χ0) is 24.1. The Morgan fingerprint density at radius 3 is 2.61 bits per heavy atom. The van der Waals surface area contributed by atoms with Gasteiger partial charge in [0.25, 0.3) is 5.91 Å². The minimum absolute atomic E-state index is 0.0259. The van der Waals surface area contributed by atoms with Gasteiger partial charge in [-0.15, -0.1) is 5.10 Å². The number of carbonyl (C=O) groups is 2. The molecule has 11 heteroatoms. The summed E-state index contributed by atoms with van der Waals surface area (Å²) >= 11 is 15.5. The Morgan fingerprint density at radius 2 is 1.94 bits per heavy atom. The van der Waals surface area contributed by atoms with Crippen molar-refractivity contribution in [3.05, 3.63) is 67.0 Å². The van der Waals surface area contributed by atoms with E-state index in [2.05, 4.69) is 48.4 Å². The number of hydrogen-bond acceptors (Lipinski definition) is 5. The summed E-state index contributed by atoms with van der Waals surface area (Å²) < 4.78 is 1.11. The van der Waals surface area contributed by atoms with Crippen molar-refractivity contribution in [3.8, 4) is 0 Å². The van der Waals surface area contributed by atoms with Crippen LogP contribution in [0.5, 0.6) is 0 Å². The molecular weight excluding hydrogens is 596 g/mol. The van der Waals surface area contributed by atoms with Crippen molar-refractivity contribution < 1.29 is 9.59 Å². The number of anilines is 1. The third kappa shape index (κ3) is 7.08. The summed E-state index contributed by atoms with van der Waals surface area (Å²) in [6.07, 6.45) is 0. The van der Waals surface area contributed by atoms with E-state index in [-0.39, 0.29) is 28.5 Å². The van der Waals surface area contributed by atoms with E-state index in [0.29, 0.717) is 21.6 Å². The molecule has 2 amide bonds. The molecule has 2 aromatic carbocycles. The number of nitrogens with one attached hydrogen (secondary N) is 3. The smallest absolute Gasteiger partial charge is 0.253 e. The minimum atomic E-state index is -0.422. The van der Waals surface area contributed by atoms with Crippen LogP contribution in [0.1, 0.15) is 41.6 Å². The second kappa shape index (κ2) is 11.5. The topological polar surface area (TPSA) is 99.8 Å². The molecule has 0 saturated carbocycles. The quantitative estimate of drug-likeness (QED) is 0.216. The number of carbonyl (C=O) groups excluding carboxylic acids is 2. The van der Waals surface area contributed by atoms with Crippen LogP contribution in [0.2, 0.25) is 10.0 Å². The maximum atomic E-state index is 12.7.